The van der Waals surface area contributed by atoms with E-state index in [4.69, 9.17) is 4.74 Å². The Labute approximate surface area is 105 Å². The standard InChI is InChI=1S/C13H16FN3O/c1-15-8-10-3-4-12(11(14)7-10)18-9-13-16-5-6-17(13)2/h3-7,15H,8-9H2,1-2H3. The predicted molar refractivity (Wildman–Crippen MR) is 66.7 cm³/mol. The molecule has 0 radical (unpaired) electrons. The van der Waals surface area contributed by atoms with E-state index in [-0.39, 0.29) is 18.2 Å². The van der Waals surface area contributed by atoms with Crippen LogP contribution in [0, 0.1) is 5.82 Å². The van der Waals surface area contributed by atoms with E-state index in [0.717, 1.165) is 11.4 Å². The van der Waals surface area contributed by atoms with Gasteiger partial charge >= 0.3 is 0 Å². The minimum absolute atomic E-state index is 0.248. The molecule has 0 saturated carbocycles. The van der Waals surface area contributed by atoms with Crippen molar-refractivity contribution in [2.45, 2.75) is 13.2 Å². The van der Waals surface area contributed by atoms with Crippen molar-refractivity contribution < 1.29 is 9.13 Å². The maximum absolute atomic E-state index is 13.7. The van der Waals surface area contributed by atoms with Gasteiger partial charge in [-0.2, -0.15) is 0 Å². The molecule has 4 nitrogen and oxygen atoms in total. The molecular formula is C13H16FN3O. The van der Waals surface area contributed by atoms with Crippen LogP contribution in [0.5, 0.6) is 5.75 Å². The first-order chi connectivity index (χ1) is 8.70. The number of imidazole rings is 1. The summed E-state index contributed by atoms with van der Waals surface area (Å²) < 4.78 is 21.0. The summed E-state index contributed by atoms with van der Waals surface area (Å²) in [5.41, 5.74) is 0.888. The highest BCUT2D eigenvalue weighted by Gasteiger charge is 2.06. The third-order valence-electron chi connectivity index (χ3n) is 2.65. The highest BCUT2D eigenvalue weighted by atomic mass is 19.1. The monoisotopic (exact) mass is 249 g/mol. The first-order valence-corrected chi connectivity index (χ1v) is 5.72. The third-order valence-corrected chi connectivity index (χ3v) is 2.65. The molecule has 2 aromatic rings. The first-order valence-electron chi connectivity index (χ1n) is 5.72. The summed E-state index contributed by atoms with van der Waals surface area (Å²) in [6, 6.07) is 4.96. The van der Waals surface area contributed by atoms with Crippen molar-refractivity contribution in [2.24, 2.45) is 7.05 Å². The molecule has 0 aliphatic rings. The second-order valence-electron chi connectivity index (χ2n) is 4.04. The van der Waals surface area contributed by atoms with Gasteiger partial charge in [0.05, 0.1) is 0 Å². The average molecular weight is 249 g/mol. The third kappa shape index (κ3) is 2.87. The van der Waals surface area contributed by atoms with E-state index in [9.17, 15) is 4.39 Å². The van der Waals surface area contributed by atoms with Gasteiger partial charge in [0.15, 0.2) is 11.6 Å². The molecule has 0 spiro atoms. The Morgan fingerprint density at radius 1 is 1.44 bits per heavy atom. The summed E-state index contributed by atoms with van der Waals surface area (Å²) in [4.78, 5) is 4.11. The molecule has 1 aromatic carbocycles. The first kappa shape index (κ1) is 12.6. The van der Waals surface area contributed by atoms with E-state index >= 15 is 0 Å². The van der Waals surface area contributed by atoms with Crippen LogP contribution >= 0.6 is 0 Å². The summed E-state index contributed by atoms with van der Waals surface area (Å²) in [5.74, 6) is 0.656. The fourth-order valence-corrected chi connectivity index (χ4v) is 1.65. The number of aryl methyl sites for hydroxylation is 1. The van der Waals surface area contributed by atoms with Crippen molar-refractivity contribution in [1.29, 1.82) is 0 Å². The summed E-state index contributed by atoms with van der Waals surface area (Å²) in [5, 5.41) is 2.97. The molecule has 0 aliphatic carbocycles. The van der Waals surface area contributed by atoms with Gasteiger partial charge in [-0.1, -0.05) is 6.07 Å². The van der Waals surface area contributed by atoms with Gasteiger partial charge in [-0.3, -0.25) is 0 Å². The van der Waals surface area contributed by atoms with Crippen LogP contribution < -0.4 is 10.1 Å². The van der Waals surface area contributed by atoms with Crippen molar-refractivity contribution >= 4 is 0 Å². The van der Waals surface area contributed by atoms with Crippen LogP contribution in [0.25, 0.3) is 0 Å². The zero-order valence-corrected chi connectivity index (χ0v) is 10.5. The lowest BCUT2D eigenvalue weighted by Gasteiger charge is -2.08. The highest BCUT2D eigenvalue weighted by Crippen LogP contribution is 2.19. The number of hydrogen-bond acceptors (Lipinski definition) is 3. The lowest BCUT2D eigenvalue weighted by Crippen LogP contribution is -2.06. The van der Waals surface area contributed by atoms with Crippen LogP contribution in [0.3, 0.4) is 0 Å². The SMILES string of the molecule is CNCc1ccc(OCc2nccn2C)c(F)c1. The van der Waals surface area contributed by atoms with Gasteiger partial charge in [0.25, 0.3) is 0 Å². The van der Waals surface area contributed by atoms with Crippen molar-refractivity contribution in [3.05, 3.63) is 47.8 Å². The van der Waals surface area contributed by atoms with E-state index in [2.05, 4.69) is 10.3 Å². The number of rotatable bonds is 5. The number of aromatic nitrogens is 2. The van der Waals surface area contributed by atoms with Crippen molar-refractivity contribution in [1.82, 2.24) is 14.9 Å². The Balaban J connectivity index is 2.03. The minimum atomic E-state index is -0.350. The molecule has 5 heteroatoms. The smallest absolute Gasteiger partial charge is 0.165 e. The Hall–Kier alpha value is -1.88. The molecule has 0 fully saturated rings. The zero-order chi connectivity index (χ0) is 13.0. The molecule has 1 aromatic heterocycles. The molecule has 1 N–H and O–H groups in total. The second kappa shape index (κ2) is 5.64. The van der Waals surface area contributed by atoms with Crippen molar-refractivity contribution in [3.8, 4) is 5.75 Å². The number of benzene rings is 1. The topological polar surface area (TPSA) is 39.1 Å². The van der Waals surface area contributed by atoms with Gasteiger partial charge in [0, 0.05) is 26.0 Å². The lowest BCUT2D eigenvalue weighted by atomic mass is 10.2. The van der Waals surface area contributed by atoms with Crippen LogP contribution in [0.1, 0.15) is 11.4 Å². The van der Waals surface area contributed by atoms with Gasteiger partial charge in [-0.25, -0.2) is 9.37 Å². The van der Waals surface area contributed by atoms with Crippen LogP contribution in [0.4, 0.5) is 4.39 Å². The van der Waals surface area contributed by atoms with Gasteiger partial charge in [0.2, 0.25) is 0 Å². The quantitative estimate of drug-likeness (QED) is 0.879. The highest BCUT2D eigenvalue weighted by molar-refractivity contribution is 5.29. The van der Waals surface area contributed by atoms with Crippen LogP contribution in [-0.4, -0.2) is 16.6 Å². The van der Waals surface area contributed by atoms with Crippen LogP contribution in [0.2, 0.25) is 0 Å². The lowest BCUT2D eigenvalue weighted by molar-refractivity contribution is 0.277. The summed E-state index contributed by atoms with van der Waals surface area (Å²) in [6.45, 7) is 0.891. The number of ether oxygens (including phenoxy) is 1. The van der Waals surface area contributed by atoms with Gasteiger partial charge in [0.1, 0.15) is 12.4 Å². The number of hydrogen-bond donors (Lipinski definition) is 1. The van der Waals surface area contributed by atoms with E-state index < -0.39 is 0 Å². The predicted octanol–water partition coefficient (Wildman–Crippen LogP) is 1.86. The Bertz CT molecular complexity index is 525. The molecule has 0 bridgehead atoms. The maximum Gasteiger partial charge on any atom is 0.165 e. The zero-order valence-electron chi connectivity index (χ0n) is 10.5. The van der Waals surface area contributed by atoms with Crippen molar-refractivity contribution in [3.63, 3.8) is 0 Å². The summed E-state index contributed by atoms with van der Waals surface area (Å²) in [6.07, 6.45) is 3.51. The van der Waals surface area contributed by atoms with Crippen molar-refractivity contribution in [2.75, 3.05) is 7.05 Å². The molecule has 0 atom stereocenters. The molecule has 18 heavy (non-hydrogen) atoms. The Kier molecular flexibility index (Phi) is 3.94. The number of nitrogens with one attached hydrogen (secondary N) is 1. The molecule has 0 aliphatic heterocycles. The van der Waals surface area contributed by atoms with E-state index in [1.165, 1.54) is 6.07 Å². The maximum atomic E-state index is 13.7. The summed E-state index contributed by atoms with van der Waals surface area (Å²) in [7, 11) is 3.70. The van der Waals surface area contributed by atoms with Gasteiger partial charge in [-0.15, -0.1) is 0 Å². The fourth-order valence-electron chi connectivity index (χ4n) is 1.65. The minimum Gasteiger partial charge on any atom is -0.483 e. The molecule has 1 heterocycles. The molecule has 96 valence electrons. The molecular weight excluding hydrogens is 233 g/mol. The Morgan fingerprint density at radius 2 is 2.28 bits per heavy atom. The molecule has 0 saturated heterocycles. The summed E-state index contributed by atoms with van der Waals surface area (Å²) >= 11 is 0. The van der Waals surface area contributed by atoms with E-state index in [0.29, 0.717) is 6.54 Å². The number of halogens is 1. The van der Waals surface area contributed by atoms with E-state index in [1.807, 2.05) is 30.9 Å². The molecule has 0 unspecified atom stereocenters. The molecule has 0 amide bonds. The van der Waals surface area contributed by atoms with E-state index in [1.54, 1.807) is 12.3 Å². The second-order valence-corrected chi connectivity index (χ2v) is 4.04. The number of nitrogens with zero attached hydrogens (tertiary/aromatic N) is 2. The molecule has 2 rings (SSSR count). The average Bonchev–Trinajstić information content (AvgIpc) is 2.74. The fraction of sp³-hybridized carbons (Fsp3) is 0.308. The largest absolute Gasteiger partial charge is 0.483 e. The van der Waals surface area contributed by atoms with Crippen LogP contribution in [-0.2, 0) is 20.2 Å². The van der Waals surface area contributed by atoms with Crippen LogP contribution in [0.15, 0.2) is 30.6 Å². The van der Waals surface area contributed by atoms with Gasteiger partial charge in [-0.05, 0) is 24.7 Å². The van der Waals surface area contributed by atoms with Gasteiger partial charge < -0.3 is 14.6 Å². The Morgan fingerprint density at radius 3 is 2.89 bits per heavy atom. The normalized spacial score (nSPS) is 10.6.